The summed E-state index contributed by atoms with van der Waals surface area (Å²) in [6, 6.07) is 24.7. The monoisotopic (exact) mass is 358 g/mol. The van der Waals surface area contributed by atoms with E-state index in [1.807, 2.05) is 24.3 Å². The number of carbonyl (C=O) groups is 1. The number of benzene rings is 3. The summed E-state index contributed by atoms with van der Waals surface area (Å²) in [4.78, 5) is 12.1. The van der Waals surface area contributed by atoms with Crippen molar-refractivity contribution in [3.05, 3.63) is 89.5 Å². The van der Waals surface area contributed by atoms with Crippen molar-refractivity contribution < 1.29 is 9.53 Å². The second-order valence-corrected chi connectivity index (χ2v) is 6.72. The SMILES string of the molecule is CCc1ccc(CCC(=O)Oc2ccc(-c3ccc(CC)cc3)cc2)cc1. The fraction of sp³-hybridized carbons (Fsp3) is 0.240. The number of carbonyl (C=O) groups excluding carboxylic acids is 1. The number of rotatable bonds is 7. The van der Waals surface area contributed by atoms with Gasteiger partial charge < -0.3 is 4.74 Å². The zero-order valence-corrected chi connectivity index (χ0v) is 16.1. The fourth-order valence-corrected chi connectivity index (χ4v) is 3.02. The van der Waals surface area contributed by atoms with Crippen LogP contribution in [-0.2, 0) is 24.1 Å². The molecule has 0 amide bonds. The number of aryl methyl sites for hydroxylation is 3. The summed E-state index contributed by atoms with van der Waals surface area (Å²) in [7, 11) is 0. The van der Waals surface area contributed by atoms with Crippen LogP contribution in [-0.4, -0.2) is 5.97 Å². The zero-order chi connectivity index (χ0) is 19.1. The van der Waals surface area contributed by atoms with Gasteiger partial charge in [-0.15, -0.1) is 0 Å². The average Bonchev–Trinajstić information content (AvgIpc) is 2.73. The highest BCUT2D eigenvalue weighted by Crippen LogP contribution is 2.23. The third-order valence-electron chi connectivity index (χ3n) is 4.83. The molecule has 0 aliphatic carbocycles. The largest absolute Gasteiger partial charge is 0.427 e. The van der Waals surface area contributed by atoms with Gasteiger partial charge in [0.15, 0.2) is 0 Å². The van der Waals surface area contributed by atoms with E-state index >= 15 is 0 Å². The Morgan fingerprint density at radius 3 is 1.63 bits per heavy atom. The topological polar surface area (TPSA) is 26.3 Å². The Kier molecular flexibility index (Phi) is 6.43. The first-order valence-corrected chi connectivity index (χ1v) is 9.65. The molecule has 27 heavy (non-hydrogen) atoms. The third-order valence-corrected chi connectivity index (χ3v) is 4.83. The van der Waals surface area contributed by atoms with Crippen molar-refractivity contribution in [2.24, 2.45) is 0 Å². The quantitative estimate of drug-likeness (QED) is 0.381. The molecule has 0 saturated carbocycles. The maximum absolute atomic E-state index is 12.1. The second-order valence-electron chi connectivity index (χ2n) is 6.72. The van der Waals surface area contributed by atoms with Gasteiger partial charge in [-0.1, -0.05) is 74.5 Å². The molecular formula is C25H26O2. The number of hydrogen-bond donors (Lipinski definition) is 0. The van der Waals surface area contributed by atoms with E-state index in [0.717, 1.165) is 24.0 Å². The standard InChI is InChI=1S/C25H26O2/c1-3-19-5-7-21(8-6-19)11-18-25(26)27-24-16-14-23(15-17-24)22-12-9-20(4-2)10-13-22/h5-10,12-17H,3-4,11,18H2,1-2H3. The molecule has 2 heteroatoms. The Labute approximate surface area is 161 Å². The summed E-state index contributed by atoms with van der Waals surface area (Å²) in [6.07, 6.45) is 3.15. The molecule has 138 valence electrons. The molecule has 3 rings (SSSR count). The minimum absolute atomic E-state index is 0.199. The Bertz CT molecular complexity index is 860. The molecule has 0 bridgehead atoms. The number of ether oxygens (including phenoxy) is 1. The molecule has 0 unspecified atom stereocenters. The normalized spacial score (nSPS) is 10.6. The van der Waals surface area contributed by atoms with Crippen molar-refractivity contribution in [2.45, 2.75) is 39.5 Å². The molecule has 0 fully saturated rings. The summed E-state index contributed by atoms with van der Waals surface area (Å²) >= 11 is 0. The van der Waals surface area contributed by atoms with E-state index in [9.17, 15) is 4.79 Å². The minimum Gasteiger partial charge on any atom is -0.427 e. The van der Waals surface area contributed by atoms with Gasteiger partial charge >= 0.3 is 5.97 Å². The van der Waals surface area contributed by atoms with Crippen LogP contribution in [0.4, 0.5) is 0 Å². The molecule has 3 aromatic carbocycles. The Hall–Kier alpha value is -2.87. The molecule has 0 heterocycles. The van der Waals surface area contributed by atoms with Gasteiger partial charge in [0.1, 0.15) is 5.75 Å². The maximum atomic E-state index is 12.1. The lowest BCUT2D eigenvalue weighted by Gasteiger charge is -2.07. The van der Waals surface area contributed by atoms with E-state index in [0.29, 0.717) is 18.6 Å². The van der Waals surface area contributed by atoms with Crippen LogP contribution in [0.1, 0.15) is 37.0 Å². The fourth-order valence-electron chi connectivity index (χ4n) is 3.02. The van der Waals surface area contributed by atoms with Gasteiger partial charge in [0, 0.05) is 6.42 Å². The summed E-state index contributed by atoms with van der Waals surface area (Å²) < 4.78 is 5.47. The van der Waals surface area contributed by atoms with Crippen molar-refractivity contribution in [2.75, 3.05) is 0 Å². The molecule has 3 aromatic rings. The minimum atomic E-state index is -0.199. The lowest BCUT2D eigenvalue weighted by atomic mass is 10.0. The van der Waals surface area contributed by atoms with E-state index in [1.165, 1.54) is 16.7 Å². The number of esters is 1. The lowest BCUT2D eigenvalue weighted by Crippen LogP contribution is -2.09. The molecule has 0 atom stereocenters. The van der Waals surface area contributed by atoms with E-state index in [1.54, 1.807) is 0 Å². The highest BCUT2D eigenvalue weighted by atomic mass is 16.5. The molecule has 2 nitrogen and oxygen atoms in total. The van der Waals surface area contributed by atoms with Crippen LogP contribution in [0.15, 0.2) is 72.8 Å². The number of hydrogen-bond acceptors (Lipinski definition) is 2. The highest BCUT2D eigenvalue weighted by Gasteiger charge is 2.06. The van der Waals surface area contributed by atoms with Crippen LogP contribution in [0.5, 0.6) is 5.75 Å². The summed E-state index contributed by atoms with van der Waals surface area (Å²) in [5.74, 6) is 0.393. The molecule has 0 saturated heterocycles. The molecular weight excluding hydrogens is 332 g/mol. The van der Waals surface area contributed by atoms with E-state index < -0.39 is 0 Å². The van der Waals surface area contributed by atoms with Gasteiger partial charge in [-0.05, 0) is 59.2 Å². The first-order chi connectivity index (χ1) is 13.2. The Morgan fingerprint density at radius 1 is 0.667 bits per heavy atom. The first kappa shape index (κ1) is 18.9. The Balaban J connectivity index is 1.54. The van der Waals surface area contributed by atoms with Gasteiger partial charge in [0.25, 0.3) is 0 Å². The first-order valence-electron chi connectivity index (χ1n) is 9.65. The van der Waals surface area contributed by atoms with E-state index in [-0.39, 0.29) is 5.97 Å². The van der Waals surface area contributed by atoms with Crippen molar-refractivity contribution in [3.63, 3.8) is 0 Å². The van der Waals surface area contributed by atoms with Crippen LogP contribution < -0.4 is 4.74 Å². The highest BCUT2D eigenvalue weighted by molar-refractivity contribution is 5.73. The summed E-state index contributed by atoms with van der Waals surface area (Å²) in [6.45, 7) is 4.29. The van der Waals surface area contributed by atoms with Crippen LogP contribution in [0.3, 0.4) is 0 Å². The van der Waals surface area contributed by atoms with Gasteiger partial charge in [0.2, 0.25) is 0 Å². The molecule has 0 aliphatic rings. The van der Waals surface area contributed by atoms with Crippen LogP contribution in [0, 0.1) is 0 Å². The molecule has 0 N–H and O–H groups in total. The molecule has 0 aliphatic heterocycles. The van der Waals surface area contributed by atoms with Gasteiger partial charge in [0.05, 0.1) is 0 Å². The molecule has 0 radical (unpaired) electrons. The smallest absolute Gasteiger partial charge is 0.311 e. The maximum Gasteiger partial charge on any atom is 0.311 e. The zero-order valence-electron chi connectivity index (χ0n) is 16.1. The van der Waals surface area contributed by atoms with Crippen molar-refractivity contribution >= 4 is 5.97 Å². The predicted molar refractivity (Wildman–Crippen MR) is 111 cm³/mol. The summed E-state index contributed by atoms with van der Waals surface area (Å²) in [5, 5.41) is 0. The molecule has 0 spiro atoms. The van der Waals surface area contributed by atoms with Gasteiger partial charge in [-0.2, -0.15) is 0 Å². The van der Waals surface area contributed by atoms with Crippen LogP contribution in [0.2, 0.25) is 0 Å². The van der Waals surface area contributed by atoms with Crippen LogP contribution >= 0.6 is 0 Å². The van der Waals surface area contributed by atoms with Gasteiger partial charge in [-0.25, -0.2) is 0 Å². The van der Waals surface area contributed by atoms with Crippen LogP contribution in [0.25, 0.3) is 11.1 Å². The summed E-state index contributed by atoms with van der Waals surface area (Å²) in [5.41, 5.74) is 6.09. The second kappa shape index (κ2) is 9.18. The predicted octanol–water partition coefficient (Wildman–Crippen LogP) is 6.02. The molecule has 0 aromatic heterocycles. The van der Waals surface area contributed by atoms with Crippen molar-refractivity contribution in [1.82, 2.24) is 0 Å². The van der Waals surface area contributed by atoms with Crippen molar-refractivity contribution in [3.8, 4) is 16.9 Å². The Morgan fingerprint density at radius 2 is 1.11 bits per heavy atom. The van der Waals surface area contributed by atoms with E-state index in [4.69, 9.17) is 4.74 Å². The third kappa shape index (κ3) is 5.30. The average molecular weight is 358 g/mol. The van der Waals surface area contributed by atoms with Crippen molar-refractivity contribution in [1.29, 1.82) is 0 Å². The lowest BCUT2D eigenvalue weighted by molar-refractivity contribution is -0.134. The van der Waals surface area contributed by atoms with Gasteiger partial charge in [-0.3, -0.25) is 4.79 Å². The van der Waals surface area contributed by atoms with E-state index in [2.05, 4.69) is 62.4 Å².